The second-order valence-electron chi connectivity index (χ2n) is 7.78. The van der Waals surface area contributed by atoms with E-state index < -0.39 is 0 Å². The molecule has 7 nitrogen and oxygen atoms in total. The number of morpholine rings is 1. The summed E-state index contributed by atoms with van der Waals surface area (Å²) < 4.78 is 22.0. The van der Waals surface area contributed by atoms with Crippen LogP contribution in [0.4, 0.5) is 0 Å². The van der Waals surface area contributed by atoms with Gasteiger partial charge in [-0.15, -0.1) is 0 Å². The van der Waals surface area contributed by atoms with Crippen LogP contribution in [0, 0.1) is 0 Å². The van der Waals surface area contributed by atoms with Gasteiger partial charge >= 0.3 is 0 Å². The molecule has 1 saturated heterocycles. The molecular formula is C25H34N2O5. The minimum absolute atomic E-state index is 0.155. The number of unbranched alkanes of at least 4 members (excludes halogenated alkanes) is 1. The molecule has 1 aliphatic rings. The van der Waals surface area contributed by atoms with Crippen LogP contribution in [0.3, 0.4) is 0 Å². The predicted octanol–water partition coefficient (Wildman–Crippen LogP) is 3.69. The molecule has 0 radical (unpaired) electrons. The van der Waals surface area contributed by atoms with Crippen LogP contribution in [0.25, 0.3) is 0 Å². The number of carbonyl (C=O) groups is 1. The van der Waals surface area contributed by atoms with Crippen LogP contribution in [0.1, 0.15) is 41.7 Å². The van der Waals surface area contributed by atoms with Crippen molar-refractivity contribution in [2.24, 2.45) is 0 Å². The molecule has 0 spiro atoms. The van der Waals surface area contributed by atoms with Gasteiger partial charge in [-0.05, 0) is 42.3 Å². The predicted molar refractivity (Wildman–Crippen MR) is 124 cm³/mol. The van der Waals surface area contributed by atoms with Gasteiger partial charge in [0.05, 0.1) is 40.1 Å². The molecule has 1 fully saturated rings. The van der Waals surface area contributed by atoms with Gasteiger partial charge in [-0.1, -0.05) is 25.5 Å². The highest BCUT2D eigenvalue weighted by Gasteiger charge is 2.21. The highest BCUT2D eigenvalue weighted by atomic mass is 16.5. The van der Waals surface area contributed by atoms with Gasteiger partial charge in [0.1, 0.15) is 5.75 Å². The monoisotopic (exact) mass is 442 g/mol. The SMILES string of the molecule is CCCCOc1ccc(C(=O)N[C@H](CN2CCOCC2)c2ccc(OC)cc2)cc1OC. The summed E-state index contributed by atoms with van der Waals surface area (Å²) >= 11 is 0. The minimum Gasteiger partial charge on any atom is -0.497 e. The molecule has 1 aliphatic heterocycles. The van der Waals surface area contributed by atoms with Crippen molar-refractivity contribution in [2.45, 2.75) is 25.8 Å². The first-order chi connectivity index (χ1) is 15.6. The quantitative estimate of drug-likeness (QED) is 0.536. The van der Waals surface area contributed by atoms with Gasteiger partial charge in [0.2, 0.25) is 0 Å². The van der Waals surface area contributed by atoms with E-state index in [0.29, 0.717) is 43.4 Å². The zero-order chi connectivity index (χ0) is 22.8. The number of benzene rings is 2. The number of rotatable bonds is 11. The molecule has 1 N–H and O–H groups in total. The standard InChI is InChI=1S/C25H34N2O5/c1-4-5-14-32-23-11-8-20(17-24(23)30-3)25(28)26-22(18-27-12-15-31-16-13-27)19-6-9-21(29-2)10-7-19/h6-11,17,22H,4-5,12-16,18H2,1-3H3,(H,26,28)/t22-/m1/s1. The van der Waals surface area contributed by atoms with Gasteiger partial charge in [-0.25, -0.2) is 0 Å². The highest BCUT2D eigenvalue weighted by Crippen LogP contribution is 2.29. The van der Waals surface area contributed by atoms with E-state index in [9.17, 15) is 4.79 Å². The number of methoxy groups -OCH3 is 2. The van der Waals surface area contributed by atoms with E-state index in [-0.39, 0.29) is 11.9 Å². The molecule has 1 atom stereocenters. The average molecular weight is 443 g/mol. The summed E-state index contributed by atoms with van der Waals surface area (Å²) in [5, 5.41) is 3.20. The summed E-state index contributed by atoms with van der Waals surface area (Å²) in [6, 6.07) is 13.0. The maximum atomic E-state index is 13.2. The largest absolute Gasteiger partial charge is 0.497 e. The second kappa shape index (κ2) is 12.3. The molecule has 0 aromatic heterocycles. The van der Waals surface area contributed by atoms with E-state index in [1.807, 2.05) is 24.3 Å². The Kier molecular flexibility index (Phi) is 9.19. The maximum absolute atomic E-state index is 13.2. The lowest BCUT2D eigenvalue weighted by atomic mass is 10.0. The fourth-order valence-corrected chi connectivity index (χ4v) is 3.61. The highest BCUT2D eigenvalue weighted by molar-refractivity contribution is 5.95. The lowest BCUT2D eigenvalue weighted by Crippen LogP contribution is -2.43. The van der Waals surface area contributed by atoms with Crippen molar-refractivity contribution >= 4 is 5.91 Å². The van der Waals surface area contributed by atoms with E-state index in [1.54, 1.807) is 32.4 Å². The molecule has 7 heteroatoms. The van der Waals surface area contributed by atoms with Crippen LogP contribution < -0.4 is 19.5 Å². The summed E-state index contributed by atoms with van der Waals surface area (Å²) in [6.45, 7) is 6.55. The fraction of sp³-hybridized carbons (Fsp3) is 0.480. The number of ether oxygens (including phenoxy) is 4. The third kappa shape index (κ3) is 6.61. The van der Waals surface area contributed by atoms with Crippen molar-refractivity contribution in [3.63, 3.8) is 0 Å². The zero-order valence-corrected chi connectivity index (χ0v) is 19.3. The maximum Gasteiger partial charge on any atom is 0.251 e. The van der Waals surface area contributed by atoms with Crippen LogP contribution in [-0.2, 0) is 4.74 Å². The molecule has 2 aromatic carbocycles. The number of amides is 1. The van der Waals surface area contributed by atoms with Crippen molar-refractivity contribution in [3.05, 3.63) is 53.6 Å². The van der Waals surface area contributed by atoms with E-state index in [2.05, 4.69) is 17.1 Å². The van der Waals surface area contributed by atoms with Crippen molar-refractivity contribution in [1.29, 1.82) is 0 Å². The van der Waals surface area contributed by atoms with E-state index in [4.69, 9.17) is 18.9 Å². The van der Waals surface area contributed by atoms with Crippen molar-refractivity contribution < 1.29 is 23.7 Å². The molecule has 0 bridgehead atoms. The van der Waals surface area contributed by atoms with Gasteiger partial charge in [0.25, 0.3) is 5.91 Å². The molecule has 1 amide bonds. The molecule has 2 aromatic rings. The molecule has 32 heavy (non-hydrogen) atoms. The number of carbonyl (C=O) groups excluding carboxylic acids is 1. The van der Waals surface area contributed by atoms with Crippen molar-refractivity contribution in [2.75, 3.05) is 53.7 Å². The Balaban J connectivity index is 1.75. The number of hydrogen-bond donors (Lipinski definition) is 1. The van der Waals surface area contributed by atoms with Gasteiger partial charge in [0.15, 0.2) is 11.5 Å². The Morgan fingerprint density at radius 2 is 1.81 bits per heavy atom. The number of nitrogens with one attached hydrogen (secondary N) is 1. The average Bonchev–Trinajstić information content (AvgIpc) is 2.84. The lowest BCUT2D eigenvalue weighted by molar-refractivity contribution is 0.0332. The van der Waals surface area contributed by atoms with Crippen LogP contribution in [0.2, 0.25) is 0 Å². The summed E-state index contributed by atoms with van der Waals surface area (Å²) in [4.78, 5) is 15.5. The van der Waals surface area contributed by atoms with Crippen LogP contribution >= 0.6 is 0 Å². The van der Waals surface area contributed by atoms with Gasteiger partial charge < -0.3 is 24.3 Å². The van der Waals surface area contributed by atoms with Crippen molar-refractivity contribution in [1.82, 2.24) is 10.2 Å². The summed E-state index contributed by atoms with van der Waals surface area (Å²) in [6.07, 6.45) is 2.02. The van der Waals surface area contributed by atoms with Gasteiger partial charge in [-0.2, -0.15) is 0 Å². The molecule has 174 valence electrons. The fourth-order valence-electron chi connectivity index (χ4n) is 3.61. The second-order valence-corrected chi connectivity index (χ2v) is 7.78. The smallest absolute Gasteiger partial charge is 0.251 e. The summed E-state index contributed by atoms with van der Waals surface area (Å²) in [7, 11) is 3.23. The first kappa shape index (κ1) is 23.9. The lowest BCUT2D eigenvalue weighted by Gasteiger charge is -2.31. The minimum atomic E-state index is -0.169. The Morgan fingerprint density at radius 3 is 2.47 bits per heavy atom. The Morgan fingerprint density at radius 1 is 1.06 bits per heavy atom. The van der Waals surface area contributed by atoms with E-state index in [1.165, 1.54) is 0 Å². The molecule has 3 rings (SSSR count). The summed E-state index contributed by atoms with van der Waals surface area (Å²) in [5.74, 6) is 1.84. The summed E-state index contributed by atoms with van der Waals surface area (Å²) in [5.41, 5.74) is 1.56. The van der Waals surface area contributed by atoms with Crippen LogP contribution in [-0.4, -0.2) is 64.5 Å². The molecule has 0 aliphatic carbocycles. The van der Waals surface area contributed by atoms with Gasteiger partial charge in [0, 0.05) is 25.2 Å². The third-order valence-electron chi connectivity index (χ3n) is 5.55. The Bertz CT molecular complexity index is 850. The first-order valence-electron chi connectivity index (χ1n) is 11.2. The third-order valence-corrected chi connectivity index (χ3v) is 5.55. The molecule has 0 saturated carbocycles. The molecular weight excluding hydrogens is 408 g/mol. The van der Waals surface area contributed by atoms with Crippen LogP contribution in [0.15, 0.2) is 42.5 Å². The van der Waals surface area contributed by atoms with Crippen molar-refractivity contribution in [3.8, 4) is 17.2 Å². The topological polar surface area (TPSA) is 69.3 Å². The van der Waals surface area contributed by atoms with Crippen LogP contribution in [0.5, 0.6) is 17.2 Å². The van der Waals surface area contributed by atoms with E-state index >= 15 is 0 Å². The van der Waals surface area contributed by atoms with Gasteiger partial charge in [-0.3, -0.25) is 9.69 Å². The zero-order valence-electron chi connectivity index (χ0n) is 19.3. The Hall–Kier alpha value is -2.77. The first-order valence-corrected chi connectivity index (χ1v) is 11.2. The molecule has 1 heterocycles. The normalized spacial score (nSPS) is 15.1. The van der Waals surface area contributed by atoms with E-state index in [0.717, 1.165) is 37.2 Å². The number of nitrogens with zero attached hydrogens (tertiary/aromatic N) is 1. The Labute approximate surface area is 190 Å². The molecule has 0 unspecified atom stereocenters. The number of hydrogen-bond acceptors (Lipinski definition) is 6.